The Morgan fingerprint density at radius 3 is 2.83 bits per heavy atom. The number of aromatic nitrogens is 2. The summed E-state index contributed by atoms with van der Waals surface area (Å²) < 4.78 is 0. The average Bonchev–Trinajstić information content (AvgIpc) is 3.35. The number of phenols is 2. The lowest BCUT2D eigenvalue weighted by molar-refractivity contribution is 0.239. The third-order valence-corrected chi connectivity index (χ3v) is 4.58. The molecular formula is C17H19N3O3. The number of fused-ring (bicyclic) bond motifs is 1. The predicted octanol–water partition coefficient (Wildman–Crippen LogP) is 1.62. The molecule has 2 heterocycles. The van der Waals surface area contributed by atoms with Crippen LogP contribution in [0.5, 0.6) is 11.5 Å². The first kappa shape index (κ1) is 14.3. The Bertz CT molecular complexity index is 811. The molecule has 23 heavy (non-hydrogen) atoms. The van der Waals surface area contributed by atoms with E-state index in [1.807, 2.05) is 0 Å². The topological polar surface area (TPSA) is 89.5 Å². The lowest BCUT2D eigenvalue weighted by Gasteiger charge is -2.27. The van der Waals surface area contributed by atoms with Gasteiger partial charge in [-0.1, -0.05) is 6.07 Å². The monoisotopic (exact) mass is 313 g/mol. The summed E-state index contributed by atoms with van der Waals surface area (Å²) in [6.07, 6.45) is 2.91. The van der Waals surface area contributed by atoms with E-state index in [4.69, 9.17) is 0 Å². The van der Waals surface area contributed by atoms with Gasteiger partial charge < -0.3 is 15.2 Å². The number of H-pyrrole nitrogens is 1. The highest BCUT2D eigenvalue weighted by Gasteiger charge is 2.29. The van der Waals surface area contributed by atoms with E-state index in [1.165, 1.54) is 6.07 Å². The quantitative estimate of drug-likeness (QED) is 0.749. The van der Waals surface area contributed by atoms with Gasteiger partial charge in [0.25, 0.3) is 5.56 Å². The number of nitrogens with one attached hydrogen (secondary N) is 1. The van der Waals surface area contributed by atoms with Crippen LogP contribution in [-0.2, 0) is 19.5 Å². The summed E-state index contributed by atoms with van der Waals surface area (Å²) in [5, 5.41) is 19.0. The Morgan fingerprint density at radius 2 is 2.09 bits per heavy atom. The Morgan fingerprint density at radius 1 is 1.26 bits per heavy atom. The van der Waals surface area contributed by atoms with E-state index in [0.29, 0.717) is 25.4 Å². The van der Waals surface area contributed by atoms with Gasteiger partial charge in [0.05, 0.1) is 5.69 Å². The Balaban J connectivity index is 1.55. The number of hydrogen-bond acceptors (Lipinski definition) is 5. The van der Waals surface area contributed by atoms with Gasteiger partial charge in [-0.25, -0.2) is 4.98 Å². The van der Waals surface area contributed by atoms with Gasteiger partial charge in [-0.15, -0.1) is 0 Å². The minimum Gasteiger partial charge on any atom is -0.504 e. The molecule has 2 aromatic rings. The van der Waals surface area contributed by atoms with E-state index in [1.54, 1.807) is 12.1 Å². The first-order chi connectivity index (χ1) is 11.1. The number of aromatic amines is 1. The molecule has 120 valence electrons. The average molecular weight is 313 g/mol. The lowest BCUT2D eigenvalue weighted by atomic mass is 10.1. The van der Waals surface area contributed by atoms with Crippen molar-refractivity contribution in [3.05, 3.63) is 51.2 Å². The van der Waals surface area contributed by atoms with Crippen molar-refractivity contribution in [2.24, 2.45) is 0 Å². The van der Waals surface area contributed by atoms with Gasteiger partial charge >= 0.3 is 0 Å². The predicted molar refractivity (Wildman–Crippen MR) is 84.4 cm³/mol. The van der Waals surface area contributed by atoms with Crippen molar-refractivity contribution in [1.82, 2.24) is 14.9 Å². The fourth-order valence-corrected chi connectivity index (χ4v) is 3.12. The third kappa shape index (κ3) is 2.82. The number of hydrogen-bond donors (Lipinski definition) is 3. The smallest absolute Gasteiger partial charge is 0.254 e. The molecular weight excluding hydrogens is 294 g/mol. The molecule has 1 aromatic heterocycles. The van der Waals surface area contributed by atoms with Crippen molar-refractivity contribution in [1.29, 1.82) is 0 Å². The lowest BCUT2D eigenvalue weighted by Crippen LogP contribution is -2.35. The molecule has 0 radical (unpaired) electrons. The molecule has 0 spiro atoms. The maximum Gasteiger partial charge on any atom is 0.254 e. The van der Waals surface area contributed by atoms with Gasteiger partial charge in [-0.3, -0.25) is 9.69 Å². The second-order valence-electron chi connectivity index (χ2n) is 6.43. The Kier molecular flexibility index (Phi) is 3.34. The highest BCUT2D eigenvalue weighted by molar-refractivity contribution is 5.40. The van der Waals surface area contributed by atoms with Crippen molar-refractivity contribution in [2.75, 3.05) is 6.54 Å². The maximum atomic E-state index is 12.2. The molecule has 6 heteroatoms. The zero-order valence-corrected chi connectivity index (χ0v) is 12.7. The van der Waals surface area contributed by atoms with Crippen LogP contribution in [0.2, 0.25) is 0 Å². The zero-order valence-electron chi connectivity index (χ0n) is 12.7. The van der Waals surface area contributed by atoms with E-state index >= 15 is 0 Å². The molecule has 0 saturated heterocycles. The van der Waals surface area contributed by atoms with Crippen LogP contribution in [0.3, 0.4) is 0 Å². The number of benzene rings is 1. The normalized spacial score (nSPS) is 17.9. The number of nitrogens with zero attached hydrogens (tertiary/aromatic N) is 2. The van der Waals surface area contributed by atoms with E-state index in [0.717, 1.165) is 42.0 Å². The van der Waals surface area contributed by atoms with Crippen LogP contribution in [0.4, 0.5) is 0 Å². The molecule has 2 aliphatic rings. The van der Waals surface area contributed by atoms with Crippen LogP contribution < -0.4 is 5.56 Å². The van der Waals surface area contributed by atoms with Crippen molar-refractivity contribution < 1.29 is 10.2 Å². The standard InChI is InChI=1S/C17H19N3O3/c21-14-4-1-10(7-15(14)22)8-20-6-5-12-13(9-20)18-16(11-2-3-11)19-17(12)23/h1,4,7,11,21-22H,2-3,5-6,8-9H2,(H,18,19,23). The van der Waals surface area contributed by atoms with E-state index < -0.39 is 0 Å². The van der Waals surface area contributed by atoms with Crippen LogP contribution in [0, 0.1) is 0 Å². The third-order valence-electron chi connectivity index (χ3n) is 4.58. The fraction of sp³-hybridized carbons (Fsp3) is 0.412. The minimum absolute atomic E-state index is 0.0128. The molecule has 0 atom stereocenters. The second-order valence-corrected chi connectivity index (χ2v) is 6.43. The molecule has 0 unspecified atom stereocenters. The molecule has 1 aliphatic heterocycles. The van der Waals surface area contributed by atoms with E-state index in [2.05, 4.69) is 14.9 Å². The number of aromatic hydroxyl groups is 2. The summed E-state index contributed by atoms with van der Waals surface area (Å²) >= 11 is 0. The molecule has 1 aliphatic carbocycles. The van der Waals surface area contributed by atoms with Crippen LogP contribution in [-0.4, -0.2) is 31.6 Å². The minimum atomic E-state index is -0.111. The second kappa shape index (κ2) is 5.38. The van der Waals surface area contributed by atoms with Gasteiger partial charge in [-0.05, 0) is 37.0 Å². The van der Waals surface area contributed by atoms with Gasteiger partial charge in [-0.2, -0.15) is 0 Å². The van der Waals surface area contributed by atoms with E-state index in [9.17, 15) is 15.0 Å². The van der Waals surface area contributed by atoms with Crippen LogP contribution in [0.25, 0.3) is 0 Å². The van der Waals surface area contributed by atoms with E-state index in [-0.39, 0.29) is 17.1 Å². The molecule has 4 rings (SSSR count). The van der Waals surface area contributed by atoms with Gasteiger partial charge in [0.15, 0.2) is 11.5 Å². The molecule has 3 N–H and O–H groups in total. The van der Waals surface area contributed by atoms with Crippen molar-refractivity contribution >= 4 is 0 Å². The molecule has 0 amide bonds. The summed E-state index contributed by atoms with van der Waals surface area (Å²) in [5.41, 5.74) is 2.62. The van der Waals surface area contributed by atoms with Crippen molar-refractivity contribution in [3.63, 3.8) is 0 Å². The van der Waals surface area contributed by atoms with Gasteiger partial charge in [0.2, 0.25) is 0 Å². The molecule has 1 aromatic carbocycles. The summed E-state index contributed by atoms with van der Waals surface area (Å²) in [7, 11) is 0. The van der Waals surface area contributed by atoms with Crippen LogP contribution in [0.15, 0.2) is 23.0 Å². The fourth-order valence-electron chi connectivity index (χ4n) is 3.12. The molecule has 6 nitrogen and oxygen atoms in total. The summed E-state index contributed by atoms with van der Waals surface area (Å²) in [6.45, 7) is 2.07. The summed E-state index contributed by atoms with van der Waals surface area (Å²) in [5.74, 6) is 1.04. The van der Waals surface area contributed by atoms with Crippen LogP contribution >= 0.6 is 0 Å². The first-order valence-corrected chi connectivity index (χ1v) is 7.95. The van der Waals surface area contributed by atoms with Crippen molar-refractivity contribution in [2.45, 2.75) is 38.3 Å². The zero-order chi connectivity index (χ0) is 16.0. The summed E-state index contributed by atoms with van der Waals surface area (Å²) in [4.78, 5) is 22.0. The number of phenolic OH excluding ortho intramolecular Hbond substituents is 2. The first-order valence-electron chi connectivity index (χ1n) is 7.95. The highest BCUT2D eigenvalue weighted by Crippen LogP contribution is 2.38. The summed E-state index contributed by atoms with van der Waals surface area (Å²) in [6, 6.07) is 4.87. The number of rotatable bonds is 3. The molecule has 0 bridgehead atoms. The molecule has 1 fully saturated rings. The Hall–Kier alpha value is -2.34. The molecule has 1 saturated carbocycles. The van der Waals surface area contributed by atoms with Crippen LogP contribution in [0.1, 0.15) is 41.4 Å². The maximum absolute atomic E-state index is 12.2. The highest BCUT2D eigenvalue weighted by atomic mass is 16.3. The SMILES string of the molecule is O=c1[nH]c(C2CC2)nc2c1CCN(Cc1ccc(O)c(O)c1)C2. The van der Waals surface area contributed by atoms with Gasteiger partial charge in [0.1, 0.15) is 5.82 Å². The Labute approximate surface area is 133 Å². The van der Waals surface area contributed by atoms with Gasteiger partial charge in [0, 0.05) is 31.1 Å². The van der Waals surface area contributed by atoms with Crippen molar-refractivity contribution in [3.8, 4) is 11.5 Å². The largest absolute Gasteiger partial charge is 0.504 e.